The molecule has 4 nitrogen and oxygen atoms in total. The molecular weight excluding hydrogens is 292 g/mol. The first-order chi connectivity index (χ1) is 11.1. The lowest BCUT2D eigenvalue weighted by molar-refractivity contribution is -0.153. The van der Waals surface area contributed by atoms with Crippen molar-refractivity contribution in [2.45, 2.75) is 97.3 Å². The number of hydrogen-bond acceptors (Lipinski definition) is 3. The molecule has 0 aromatic heterocycles. The van der Waals surface area contributed by atoms with Gasteiger partial charge in [-0.3, -0.25) is 9.59 Å². The molecule has 4 heteroatoms. The van der Waals surface area contributed by atoms with Gasteiger partial charge < -0.3 is 9.84 Å². The summed E-state index contributed by atoms with van der Waals surface area (Å²) in [5.74, 6) is -1.72. The van der Waals surface area contributed by atoms with Crippen LogP contribution in [0.5, 0.6) is 0 Å². The number of hydrogen-bond donors (Lipinski definition) is 1. The smallest absolute Gasteiger partial charge is 0.309 e. The number of esters is 1. The quantitative estimate of drug-likeness (QED) is 0.307. The van der Waals surface area contributed by atoms with Gasteiger partial charge in [-0.1, -0.05) is 78.1 Å². The molecule has 1 atom stereocenters. The molecule has 0 saturated heterocycles. The molecule has 0 amide bonds. The first kappa shape index (κ1) is 21.9. The second kappa shape index (κ2) is 15.8. The van der Waals surface area contributed by atoms with Crippen LogP contribution in [0.15, 0.2) is 0 Å². The molecule has 0 rings (SSSR count). The highest BCUT2D eigenvalue weighted by Gasteiger charge is 2.22. The summed E-state index contributed by atoms with van der Waals surface area (Å²) in [5, 5.41) is 8.96. The molecule has 0 saturated carbocycles. The summed E-state index contributed by atoms with van der Waals surface area (Å²) in [6, 6.07) is 0. The Kier molecular flexibility index (Phi) is 15.1. The zero-order chi connectivity index (χ0) is 17.3. The Morgan fingerprint density at radius 2 is 1.35 bits per heavy atom. The summed E-state index contributed by atoms with van der Waals surface area (Å²) in [6.07, 6.45) is 13.1. The van der Waals surface area contributed by atoms with Crippen LogP contribution in [0.1, 0.15) is 97.3 Å². The van der Waals surface area contributed by atoms with E-state index in [2.05, 4.69) is 13.8 Å². The van der Waals surface area contributed by atoms with E-state index in [4.69, 9.17) is 9.84 Å². The number of carboxylic acid groups (broad SMARTS) is 1. The minimum Gasteiger partial charge on any atom is -0.481 e. The third-order valence-electron chi connectivity index (χ3n) is 4.15. The molecule has 0 bridgehead atoms. The van der Waals surface area contributed by atoms with E-state index < -0.39 is 11.9 Å². The predicted molar refractivity (Wildman–Crippen MR) is 93.5 cm³/mol. The standard InChI is InChI=1S/C19H36O4/c1-3-5-7-8-9-10-11-12-14-17(16-18(20)21)19(22)23-15-13-6-4-2/h17H,3-16H2,1-2H3,(H,20,21). The maximum absolute atomic E-state index is 12.0. The van der Waals surface area contributed by atoms with Crippen molar-refractivity contribution in [3.63, 3.8) is 0 Å². The van der Waals surface area contributed by atoms with Gasteiger partial charge in [-0.15, -0.1) is 0 Å². The van der Waals surface area contributed by atoms with Gasteiger partial charge in [-0.25, -0.2) is 0 Å². The van der Waals surface area contributed by atoms with Crippen LogP contribution in [0.3, 0.4) is 0 Å². The number of ether oxygens (including phenoxy) is 1. The van der Waals surface area contributed by atoms with Gasteiger partial charge in [0.05, 0.1) is 18.9 Å². The van der Waals surface area contributed by atoms with Crippen LogP contribution >= 0.6 is 0 Å². The lowest BCUT2D eigenvalue weighted by atomic mass is 9.97. The fourth-order valence-electron chi connectivity index (χ4n) is 2.68. The third-order valence-corrected chi connectivity index (χ3v) is 4.15. The summed E-state index contributed by atoms with van der Waals surface area (Å²) < 4.78 is 5.23. The number of carbonyl (C=O) groups excluding carboxylic acids is 1. The molecule has 0 aliphatic rings. The second-order valence-corrected chi connectivity index (χ2v) is 6.43. The molecule has 0 heterocycles. The Morgan fingerprint density at radius 1 is 0.826 bits per heavy atom. The fourth-order valence-corrected chi connectivity index (χ4v) is 2.68. The highest BCUT2D eigenvalue weighted by molar-refractivity contribution is 5.79. The molecule has 1 N–H and O–H groups in total. The van der Waals surface area contributed by atoms with Crippen molar-refractivity contribution in [2.24, 2.45) is 5.92 Å². The molecule has 0 aliphatic heterocycles. The van der Waals surface area contributed by atoms with E-state index in [1.54, 1.807) is 0 Å². The largest absolute Gasteiger partial charge is 0.481 e. The van der Waals surface area contributed by atoms with Crippen molar-refractivity contribution in [2.75, 3.05) is 6.61 Å². The number of aliphatic carboxylic acids is 1. The number of carbonyl (C=O) groups is 2. The van der Waals surface area contributed by atoms with Gasteiger partial charge in [0, 0.05) is 0 Å². The first-order valence-corrected chi connectivity index (χ1v) is 9.50. The second-order valence-electron chi connectivity index (χ2n) is 6.43. The molecule has 0 aliphatic carbocycles. The van der Waals surface area contributed by atoms with Crippen LogP contribution in [0.2, 0.25) is 0 Å². The maximum Gasteiger partial charge on any atom is 0.309 e. The zero-order valence-electron chi connectivity index (χ0n) is 15.1. The summed E-state index contributed by atoms with van der Waals surface area (Å²) in [6.45, 7) is 4.72. The summed E-state index contributed by atoms with van der Waals surface area (Å²) >= 11 is 0. The molecule has 0 aromatic rings. The minimum atomic E-state index is -0.917. The first-order valence-electron chi connectivity index (χ1n) is 9.50. The summed E-state index contributed by atoms with van der Waals surface area (Å²) in [7, 11) is 0. The van der Waals surface area contributed by atoms with Crippen LogP contribution in [-0.2, 0) is 14.3 Å². The van der Waals surface area contributed by atoms with Crippen LogP contribution in [-0.4, -0.2) is 23.7 Å². The Morgan fingerprint density at radius 3 is 1.91 bits per heavy atom. The Bertz CT molecular complexity index is 302. The fraction of sp³-hybridized carbons (Fsp3) is 0.895. The number of rotatable bonds is 16. The van der Waals surface area contributed by atoms with E-state index in [1.807, 2.05) is 0 Å². The van der Waals surface area contributed by atoms with Gasteiger partial charge in [0.1, 0.15) is 0 Å². The van der Waals surface area contributed by atoms with Crippen LogP contribution < -0.4 is 0 Å². The van der Waals surface area contributed by atoms with Crippen molar-refractivity contribution in [3.05, 3.63) is 0 Å². The lowest BCUT2D eigenvalue weighted by Gasteiger charge is -2.14. The van der Waals surface area contributed by atoms with Crippen molar-refractivity contribution in [1.82, 2.24) is 0 Å². The third kappa shape index (κ3) is 14.3. The molecule has 0 fully saturated rings. The van der Waals surface area contributed by atoms with Crippen molar-refractivity contribution in [1.29, 1.82) is 0 Å². The van der Waals surface area contributed by atoms with Gasteiger partial charge in [0.15, 0.2) is 0 Å². The molecule has 0 spiro atoms. The SMILES string of the molecule is CCCCCCCCCCC(CC(=O)O)C(=O)OCCCCC. The van der Waals surface area contributed by atoms with Gasteiger partial charge in [0.2, 0.25) is 0 Å². The molecule has 1 unspecified atom stereocenters. The lowest BCUT2D eigenvalue weighted by Crippen LogP contribution is -2.21. The van der Waals surface area contributed by atoms with Gasteiger partial charge >= 0.3 is 11.9 Å². The average Bonchev–Trinajstić information content (AvgIpc) is 2.52. The van der Waals surface area contributed by atoms with Crippen LogP contribution in [0.4, 0.5) is 0 Å². The van der Waals surface area contributed by atoms with E-state index in [9.17, 15) is 9.59 Å². The summed E-state index contributed by atoms with van der Waals surface area (Å²) in [5.41, 5.74) is 0. The van der Waals surface area contributed by atoms with E-state index in [0.717, 1.165) is 32.1 Å². The van der Waals surface area contributed by atoms with Gasteiger partial charge in [-0.2, -0.15) is 0 Å². The maximum atomic E-state index is 12.0. The monoisotopic (exact) mass is 328 g/mol. The molecule has 0 radical (unpaired) electrons. The highest BCUT2D eigenvalue weighted by atomic mass is 16.5. The van der Waals surface area contributed by atoms with E-state index in [0.29, 0.717) is 13.0 Å². The molecule has 0 aromatic carbocycles. The number of unbranched alkanes of at least 4 members (excludes halogenated alkanes) is 9. The topological polar surface area (TPSA) is 63.6 Å². The Balaban J connectivity index is 3.86. The molecule has 23 heavy (non-hydrogen) atoms. The molecule has 136 valence electrons. The van der Waals surface area contributed by atoms with Crippen molar-refractivity contribution >= 4 is 11.9 Å². The normalized spacial score (nSPS) is 12.1. The molecular formula is C19H36O4. The number of carboxylic acids is 1. The minimum absolute atomic E-state index is 0.108. The Labute approximate surface area is 142 Å². The summed E-state index contributed by atoms with van der Waals surface area (Å²) in [4.78, 5) is 22.9. The van der Waals surface area contributed by atoms with Gasteiger partial charge in [-0.05, 0) is 12.8 Å². The highest BCUT2D eigenvalue weighted by Crippen LogP contribution is 2.18. The zero-order valence-corrected chi connectivity index (χ0v) is 15.1. The average molecular weight is 328 g/mol. The van der Waals surface area contributed by atoms with E-state index >= 15 is 0 Å². The van der Waals surface area contributed by atoms with Crippen molar-refractivity contribution in [3.8, 4) is 0 Å². The van der Waals surface area contributed by atoms with E-state index in [-0.39, 0.29) is 12.4 Å². The van der Waals surface area contributed by atoms with Crippen molar-refractivity contribution < 1.29 is 19.4 Å². The Hall–Kier alpha value is -1.06. The van der Waals surface area contributed by atoms with Crippen LogP contribution in [0, 0.1) is 5.92 Å². The van der Waals surface area contributed by atoms with Gasteiger partial charge in [0.25, 0.3) is 0 Å². The predicted octanol–water partition coefficient (Wildman–Crippen LogP) is 5.34. The van der Waals surface area contributed by atoms with Crippen LogP contribution in [0.25, 0.3) is 0 Å². The van der Waals surface area contributed by atoms with E-state index in [1.165, 1.54) is 38.5 Å².